The van der Waals surface area contributed by atoms with E-state index < -0.39 is 18.6 Å². The highest BCUT2D eigenvalue weighted by molar-refractivity contribution is 5.93. The van der Waals surface area contributed by atoms with Crippen LogP contribution in [-0.4, -0.2) is 77.5 Å². The number of piperazine rings is 1. The van der Waals surface area contributed by atoms with Crippen molar-refractivity contribution in [2.24, 2.45) is 5.92 Å². The molecule has 0 aliphatic carbocycles. The topological polar surface area (TPSA) is 53.4 Å². The summed E-state index contributed by atoms with van der Waals surface area (Å²) < 4.78 is 37.6. The summed E-state index contributed by atoms with van der Waals surface area (Å²) in [5, 5.41) is 6.36. The molecule has 0 bridgehead atoms. The van der Waals surface area contributed by atoms with Crippen molar-refractivity contribution in [3.63, 3.8) is 0 Å². The Balaban J connectivity index is 1.72. The van der Waals surface area contributed by atoms with E-state index in [0.717, 1.165) is 56.3 Å². The second-order valence-electron chi connectivity index (χ2n) is 6.59. The summed E-state index contributed by atoms with van der Waals surface area (Å²) in [4.78, 5) is 16.8. The van der Waals surface area contributed by atoms with Crippen molar-refractivity contribution in [3.8, 4) is 0 Å². The van der Waals surface area contributed by atoms with Crippen LogP contribution in [-0.2, 0) is 6.54 Å². The van der Waals surface area contributed by atoms with E-state index in [1.165, 1.54) is 0 Å². The zero-order valence-electron chi connectivity index (χ0n) is 14.7. The van der Waals surface area contributed by atoms with Crippen LogP contribution in [0.25, 0.3) is 0 Å². The normalized spacial score (nSPS) is 18.3. The van der Waals surface area contributed by atoms with Crippen LogP contribution < -0.4 is 5.32 Å². The first-order chi connectivity index (χ1) is 11.8. The van der Waals surface area contributed by atoms with E-state index in [9.17, 15) is 18.0 Å². The fourth-order valence-corrected chi connectivity index (χ4v) is 2.91. The van der Waals surface area contributed by atoms with Gasteiger partial charge in [-0.3, -0.25) is 9.48 Å². The fraction of sp³-hybridized carbons (Fsp3) is 0.750. The molecule has 2 heterocycles. The van der Waals surface area contributed by atoms with Gasteiger partial charge in [-0.05, 0) is 12.5 Å². The summed E-state index contributed by atoms with van der Waals surface area (Å²) in [5.41, 5.74) is 0.146. The van der Waals surface area contributed by atoms with Crippen molar-refractivity contribution < 1.29 is 18.0 Å². The minimum atomic E-state index is -4.35. The number of rotatable bonds is 7. The van der Waals surface area contributed by atoms with Crippen LogP contribution in [0.3, 0.4) is 0 Å². The third-order valence-electron chi connectivity index (χ3n) is 4.33. The molecule has 0 spiro atoms. The number of carbonyl (C=O) groups excluding carboxylic acids is 1. The van der Waals surface area contributed by atoms with Crippen LogP contribution in [0.15, 0.2) is 12.4 Å². The number of hydrogen-bond acceptors (Lipinski definition) is 4. The molecule has 142 valence electrons. The average molecular weight is 361 g/mol. The van der Waals surface area contributed by atoms with Crippen LogP contribution >= 0.6 is 0 Å². The smallest absolute Gasteiger partial charge is 0.352 e. The maximum Gasteiger partial charge on any atom is 0.408 e. The lowest BCUT2D eigenvalue weighted by Crippen LogP contribution is -2.48. The largest absolute Gasteiger partial charge is 0.408 e. The quantitative estimate of drug-likeness (QED) is 0.799. The first-order valence-electron chi connectivity index (χ1n) is 8.59. The van der Waals surface area contributed by atoms with Gasteiger partial charge < -0.3 is 15.1 Å². The van der Waals surface area contributed by atoms with Crippen molar-refractivity contribution in [2.75, 3.05) is 45.8 Å². The molecule has 1 N–H and O–H groups in total. The Kier molecular flexibility index (Phi) is 6.83. The molecule has 0 saturated carbocycles. The van der Waals surface area contributed by atoms with Crippen molar-refractivity contribution in [1.29, 1.82) is 0 Å². The van der Waals surface area contributed by atoms with E-state index in [4.69, 9.17) is 0 Å². The Hall–Kier alpha value is -1.61. The van der Waals surface area contributed by atoms with Crippen LogP contribution in [0, 0.1) is 5.92 Å². The molecule has 0 aromatic carbocycles. The summed E-state index contributed by atoms with van der Waals surface area (Å²) in [5.74, 6) is -0.126. The highest BCUT2D eigenvalue weighted by Crippen LogP contribution is 2.17. The SMILES string of the molecule is CCN1CCN(C[C@@H](C)CNC(=O)c2cnn(CC(F)(F)F)c2)CC1. The molecule has 1 aliphatic rings. The number of nitrogens with one attached hydrogen (secondary N) is 1. The molecule has 1 aromatic heterocycles. The predicted octanol–water partition coefficient (Wildman–Crippen LogP) is 1.45. The zero-order valence-corrected chi connectivity index (χ0v) is 14.7. The van der Waals surface area contributed by atoms with Crippen LogP contribution in [0.1, 0.15) is 24.2 Å². The summed E-state index contributed by atoms with van der Waals surface area (Å²) >= 11 is 0. The maximum absolute atomic E-state index is 12.3. The number of alkyl halides is 3. The molecule has 1 fully saturated rings. The van der Waals surface area contributed by atoms with Crippen LogP contribution in [0.2, 0.25) is 0 Å². The van der Waals surface area contributed by atoms with Gasteiger partial charge in [-0.15, -0.1) is 0 Å². The van der Waals surface area contributed by atoms with E-state index in [0.29, 0.717) is 6.54 Å². The monoisotopic (exact) mass is 361 g/mol. The molecular weight excluding hydrogens is 335 g/mol. The first-order valence-corrected chi connectivity index (χ1v) is 8.59. The number of hydrogen-bond donors (Lipinski definition) is 1. The summed E-state index contributed by atoms with van der Waals surface area (Å²) in [7, 11) is 0. The molecular formula is C16H26F3N5O. The molecule has 25 heavy (non-hydrogen) atoms. The van der Waals surface area contributed by atoms with Gasteiger partial charge in [0.2, 0.25) is 0 Å². The molecule has 1 saturated heterocycles. The third kappa shape index (κ3) is 6.66. The zero-order chi connectivity index (χ0) is 18.4. The highest BCUT2D eigenvalue weighted by Gasteiger charge is 2.28. The number of nitrogens with zero attached hydrogens (tertiary/aromatic N) is 4. The molecule has 1 atom stereocenters. The average Bonchev–Trinajstić information content (AvgIpc) is 3.00. The van der Waals surface area contributed by atoms with E-state index in [-0.39, 0.29) is 11.5 Å². The maximum atomic E-state index is 12.3. The molecule has 2 rings (SSSR count). The van der Waals surface area contributed by atoms with Crippen molar-refractivity contribution >= 4 is 5.91 Å². The number of likely N-dealkylation sites (N-methyl/N-ethyl adjacent to an activating group) is 1. The summed E-state index contributed by atoms with van der Waals surface area (Å²) in [6.45, 7) is 9.64. The predicted molar refractivity (Wildman–Crippen MR) is 88.3 cm³/mol. The molecule has 1 aromatic rings. The third-order valence-corrected chi connectivity index (χ3v) is 4.33. The molecule has 6 nitrogen and oxygen atoms in total. The standard InChI is InChI=1S/C16H26F3N5O/c1-3-22-4-6-23(7-5-22)10-13(2)8-20-15(25)14-9-21-24(11-14)12-16(17,18)19/h9,11,13H,3-8,10,12H2,1-2H3,(H,20,25)/t13-/m0/s1. The number of amides is 1. The Bertz CT molecular complexity index is 552. The minimum Gasteiger partial charge on any atom is -0.352 e. The van der Waals surface area contributed by atoms with Gasteiger partial charge in [-0.1, -0.05) is 13.8 Å². The molecule has 1 aliphatic heterocycles. The van der Waals surface area contributed by atoms with Gasteiger partial charge in [-0.25, -0.2) is 0 Å². The van der Waals surface area contributed by atoms with E-state index in [1.54, 1.807) is 0 Å². The van der Waals surface area contributed by atoms with Crippen molar-refractivity contribution in [1.82, 2.24) is 24.9 Å². The fourth-order valence-electron chi connectivity index (χ4n) is 2.91. The molecule has 0 radical (unpaired) electrons. The summed E-state index contributed by atoms with van der Waals surface area (Å²) in [6, 6.07) is 0. The molecule has 9 heteroatoms. The van der Waals surface area contributed by atoms with Gasteiger partial charge in [-0.2, -0.15) is 18.3 Å². The number of aromatic nitrogens is 2. The van der Waals surface area contributed by atoms with Crippen LogP contribution in [0.5, 0.6) is 0 Å². The number of carbonyl (C=O) groups is 1. The van der Waals surface area contributed by atoms with Gasteiger partial charge in [0.15, 0.2) is 0 Å². The Labute approximate surface area is 146 Å². The van der Waals surface area contributed by atoms with Gasteiger partial charge in [0.1, 0.15) is 6.54 Å². The van der Waals surface area contributed by atoms with Gasteiger partial charge in [0, 0.05) is 45.5 Å². The van der Waals surface area contributed by atoms with E-state index in [1.807, 2.05) is 0 Å². The summed E-state index contributed by atoms with van der Waals surface area (Å²) in [6.07, 6.45) is -2.07. The number of halogens is 3. The van der Waals surface area contributed by atoms with E-state index in [2.05, 4.69) is 34.1 Å². The van der Waals surface area contributed by atoms with Gasteiger partial charge >= 0.3 is 6.18 Å². The molecule has 1 amide bonds. The minimum absolute atomic E-state index is 0.146. The van der Waals surface area contributed by atoms with Crippen molar-refractivity contribution in [3.05, 3.63) is 18.0 Å². The highest BCUT2D eigenvalue weighted by atomic mass is 19.4. The van der Waals surface area contributed by atoms with Gasteiger partial charge in [0.05, 0.1) is 11.8 Å². The lowest BCUT2D eigenvalue weighted by Gasteiger charge is -2.35. The van der Waals surface area contributed by atoms with Crippen molar-refractivity contribution in [2.45, 2.75) is 26.6 Å². The lowest BCUT2D eigenvalue weighted by atomic mass is 10.1. The van der Waals surface area contributed by atoms with Gasteiger partial charge in [0.25, 0.3) is 5.91 Å². The first kappa shape index (κ1) is 19.7. The second-order valence-corrected chi connectivity index (χ2v) is 6.59. The Morgan fingerprint density at radius 3 is 2.52 bits per heavy atom. The van der Waals surface area contributed by atoms with Crippen LogP contribution in [0.4, 0.5) is 13.2 Å². The molecule has 0 unspecified atom stereocenters. The second kappa shape index (κ2) is 8.66. The Morgan fingerprint density at radius 1 is 1.28 bits per heavy atom. The Morgan fingerprint density at radius 2 is 1.92 bits per heavy atom. The van der Waals surface area contributed by atoms with E-state index >= 15 is 0 Å². The lowest BCUT2D eigenvalue weighted by molar-refractivity contribution is -0.142.